The maximum atomic E-state index is 11.9. The Kier molecular flexibility index (Phi) is 4.17. The number of thioether (sulfide) groups is 1. The van der Waals surface area contributed by atoms with Gasteiger partial charge in [-0.05, 0) is 30.5 Å². The van der Waals surface area contributed by atoms with Gasteiger partial charge in [-0.3, -0.25) is 4.79 Å². The van der Waals surface area contributed by atoms with Crippen LogP contribution in [0.5, 0.6) is 0 Å². The summed E-state index contributed by atoms with van der Waals surface area (Å²) < 4.78 is 5.57. The Bertz CT molecular complexity index is 733. The van der Waals surface area contributed by atoms with Gasteiger partial charge in [0.2, 0.25) is 5.89 Å². The number of carbonyl (C=O) groups excluding carboxylic acids is 1. The summed E-state index contributed by atoms with van der Waals surface area (Å²) in [7, 11) is 0. The number of aryl methyl sites for hydroxylation is 1. The molecule has 2 heterocycles. The minimum Gasteiger partial charge on any atom is -0.411 e. The van der Waals surface area contributed by atoms with Crippen molar-refractivity contribution in [2.45, 2.75) is 12.1 Å². The van der Waals surface area contributed by atoms with E-state index in [4.69, 9.17) is 4.42 Å². The number of rotatable bonds is 5. The van der Waals surface area contributed by atoms with Crippen LogP contribution in [0.25, 0.3) is 11.5 Å². The normalized spacial score (nSPS) is 10.7. The minimum absolute atomic E-state index is 0.0742. The number of hydrogen-bond donors (Lipinski definition) is 0. The van der Waals surface area contributed by atoms with Gasteiger partial charge in [0.15, 0.2) is 5.78 Å². The second-order valence-corrected chi connectivity index (χ2v) is 6.30. The lowest BCUT2D eigenvalue weighted by molar-refractivity contribution is 0.102. The van der Waals surface area contributed by atoms with Crippen LogP contribution >= 0.6 is 23.1 Å². The molecule has 0 aliphatic carbocycles. The second-order valence-electron chi connectivity index (χ2n) is 4.43. The molecule has 6 heteroatoms. The van der Waals surface area contributed by atoms with Crippen LogP contribution < -0.4 is 0 Å². The van der Waals surface area contributed by atoms with Crippen LogP contribution in [0.4, 0.5) is 0 Å². The van der Waals surface area contributed by atoms with Crippen molar-refractivity contribution in [3.8, 4) is 11.5 Å². The Balaban J connectivity index is 1.65. The summed E-state index contributed by atoms with van der Waals surface area (Å²) in [6, 6.07) is 11.5. The van der Waals surface area contributed by atoms with Crippen molar-refractivity contribution in [2.24, 2.45) is 0 Å². The van der Waals surface area contributed by atoms with Crippen LogP contribution in [0.3, 0.4) is 0 Å². The van der Waals surface area contributed by atoms with E-state index >= 15 is 0 Å². The smallest absolute Gasteiger partial charge is 0.277 e. The summed E-state index contributed by atoms with van der Waals surface area (Å²) in [5, 5.41) is 10.3. The summed E-state index contributed by atoms with van der Waals surface area (Å²) in [5.41, 5.74) is 2.05. The van der Waals surface area contributed by atoms with Crippen LogP contribution in [-0.2, 0) is 0 Å². The quantitative estimate of drug-likeness (QED) is 0.524. The summed E-state index contributed by atoms with van der Waals surface area (Å²) in [5.74, 6) is 0.849. The third-order valence-corrected chi connectivity index (χ3v) is 4.56. The molecular formula is C15H12N2O2S2. The molecule has 4 nitrogen and oxygen atoms in total. The number of ketones is 1. The molecule has 0 fully saturated rings. The van der Waals surface area contributed by atoms with Crippen LogP contribution in [-0.4, -0.2) is 21.7 Å². The molecule has 2 aromatic heterocycles. The molecule has 0 N–H and O–H groups in total. The molecule has 0 atom stereocenters. The van der Waals surface area contributed by atoms with E-state index in [1.807, 2.05) is 48.7 Å². The fourth-order valence-electron chi connectivity index (χ4n) is 1.72. The van der Waals surface area contributed by atoms with Gasteiger partial charge < -0.3 is 4.42 Å². The number of benzene rings is 1. The highest BCUT2D eigenvalue weighted by Crippen LogP contribution is 2.24. The first-order valence-corrected chi connectivity index (χ1v) is 8.19. The van der Waals surface area contributed by atoms with Gasteiger partial charge in [-0.25, -0.2) is 0 Å². The summed E-state index contributed by atoms with van der Waals surface area (Å²) in [4.78, 5) is 12.6. The third kappa shape index (κ3) is 3.40. The van der Waals surface area contributed by atoms with E-state index in [0.717, 1.165) is 10.4 Å². The van der Waals surface area contributed by atoms with Crippen LogP contribution in [0, 0.1) is 6.92 Å². The molecule has 0 amide bonds. The predicted octanol–water partition coefficient (Wildman–Crippen LogP) is 4.08. The first-order chi connectivity index (χ1) is 10.2. The molecular weight excluding hydrogens is 304 g/mol. The standard InChI is InChI=1S/C15H12N2O2S2/c1-10-4-6-11(7-5-10)14-16-17-15(19-14)21-9-12(18)13-3-2-8-20-13/h2-8H,9H2,1H3. The molecule has 0 spiro atoms. The van der Waals surface area contributed by atoms with Crippen molar-refractivity contribution in [1.82, 2.24) is 10.2 Å². The maximum Gasteiger partial charge on any atom is 0.277 e. The third-order valence-electron chi connectivity index (χ3n) is 2.83. The predicted molar refractivity (Wildman–Crippen MR) is 83.8 cm³/mol. The van der Waals surface area contributed by atoms with E-state index in [9.17, 15) is 4.79 Å². The SMILES string of the molecule is Cc1ccc(-c2nnc(SCC(=O)c3cccs3)o2)cc1. The Labute approximate surface area is 130 Å². The highest BCUT2D eigenvalue weighted by molar-refractivity contribution is 7.99. The topological polar surface area (TPSA) is 56.0 Å². The maximum absolute atomic E-state index is 11.9. The zero-order valence-electron chi connectivity index (χ0n) is 11.3. The highest BCUT2D eigenvalue weighted by atomic mass is 32.2. The van der Waals surface area contributed by atoms with Crippen molar-refractivity contribution in [3.63, 3.8) is 0 Å². The van der Waals surface area contributed by atoms with Gasteiger partial charge in [-0.1, -0.05) is 35.5 Å². The molecule has 3 rings (SSSR count). The van der Waals surface area contributed by atoms with Crippen molar-refractivity contribution >= 4 is 28.9 Å². The molecule has 106 valence electrons. The molecule has 3 aromatic rings. The van der Waals surface area contributed by atoms with Crippen LogP contribution in [0.1, 0.15) is 15.2 Å². The fraction of sp³-hybridized carbons (Fsp3) is 0.133. The Hall–Kier alpha value is -1.92. The number of Topliss-reactive ketones (excluding diaryl/α,β-unsaturated/α-hetero) is 1. The van der Waals surface area contributed by atoms with Gasteiger partial charge in [-0.15, -0.1) is 21.5 Å². The first kappa shape index (κ1) is 14.0. The Morgan fingerprint density at radius 1 is 1.24 bits per heavy atom. The molecule has 21 heavy (non-hydrogen) atoms. The summed E-state index contributed by atoms with van der Waals surface area (Å²) >= 11 is 2.70. The number of aromatic nitrogens is 2. The van der Waals surface area contributed by atoms with E-state index in [0.29, 0.717) is 16.9 Å². The molecule has 0 saturated carbocycles. The van der Waals surface area contributed by atoms with Gasteiger partial charge in [-0.2, -0.15) is 0 Å². The van der Waals surface area contributed by atoms with Crippen molar-refractivity contribution in [2.75, 3.05) is 5.75 Å². The van der Waals surface area contributed by atoms with E-state index in [-0.39, 0.29) is 5.78 Å². The molecule has 1 aromatic carbocycles. The van der Waals surface area contributed by atoms with Gasteiger partial charge in [0.25, 0.3) is 5.22 Å². The minimum atomic E-state index is 0.0742. The van der Waals surface area contributed by atoms with E-state index < -0.39 is 0 Å². The average Bonchev–Trinajstić information content (AvgIpc) is 3.17. The molecule has 0 bridgehead atoms. The van der Waals surface area contributed by atoms with Crippen LogP contribution in [0.15, 0.2) is 51.4 Å². The zero-order chi connectivity index (χ0) is 14.7. The van der Waals surface area contributed by atoms with Crippen molar-refractivity contribution < 1.29 is 9.21 Å². The van der Waals surface area contributed by atoms with Crippen molar-refractivity contribution in [3.05, 3.63) is 52.2 Å². The lowest BCUT2D eigenvalue weighted by Gasteiger charge is -1.96. The molecule has 0 aliphatic rings. The Morgan fingerprint density at radius 3 is 2.76 bits per heavy atom. The van der Waals surface area contributed by atoms with Gasteiger partial charge in [0.05, 0.1) is 10.6 Å². The Morgan fingerprint density at radius 2 is 2.05 bits per heavy atom. The van der Waals surface area contributed by atoms with Gasteiger partial charge in [0, 0.05) is 5.56 Å². The summed E-state index contributed by atoms with van der Waals surface area (Å²) in [6.45, 7) is 2.02. The van der Waals surface area contributed by atoms with Crippen LogP contribution in [0.2, 0.25) is 0 Å². The lowest BCUT2D eigenvalue weighted by Crippen LogP contribution is -1.98. The highest BCUT2D eigenvalue weighted by Gasteiger charge is 2.12. The van der Waals surface area contributed by atoms with Gasteiger partial charge >= 0.3 is 0 Å². The second kappa shape index (κ2) is 6.24. The number of hydrogen-bond acceptors (Lipinski definition) is 6. The summed E-state index contributed by atoms with van der Waals surface area (Å²) in [6.07, 6.45) is 0. The van der Waals surface area contributed by atoms with E-state index in [2.05, 4.69) is 10.2 Å². The fourth-order valence-corrected chi connectivity index (χ4v) is 3.12. The van der Waals surface area contributed by atoms with E-state index in [1.54, 1.807) is 0 Å². The molecule has 0 saturated heterocycles. The molecule has 0 radical (unpaired) electrons. The zero-order valence-corrected chi connectivity index (χ0v) is 12.9. The lowest BCUT2D eigenvalue weighted by atomic mass is 10.1. The number of carbonyl (C=O) groups is 1. The average molecular weight is 316 g/mol. The van der Waals surface area contributed by atoms with Crippen molar-refractivity contribution in [1.29, 1.82) is 0 Å². The monoisotopic (exact) mass is 316 g/mol. The first-order valence-electron chi connectivity index (χ1n) is 6.32. The largest absolute Gasteiger partial charge is 0.411 e. The number of nitrogens with zero attached hydrogens (tertiary/aromatic N) is 2. The van der Waals surface area contributed by atoms with Gasteiger partial charge in [0.1, 0.15) is 0 Å². The molecule has 0 unspecified atom stereocenters. The van der Waals surface area contributed by atoms with E-state index in [1.165, 1.54) is 28.7 Å². The number of thiophene rings is 1. The molecule has 0 aliphatic heterocycles.